The fraction of sp³-hybridized carbons (Fsp3) is 0.455. The van der Waals surface area contributed by atoms with Gasteiger partial charge in [0.05, 0.1) is 0 Å². The first-order valence-corrected chi connectivity index (χ1v) is 11.2. The predicted molar refractivity (Wildman–Crippen MR) is 106 cm³/mol. The molecule has 0 aromatic heterocycles. The quantitative estimate of drug-likeness (QED) is 0.844. The van der Waals surface area contributed by atoms with Crippen LogP contribution in [0.4, 0.5) is 0 Å². The van der Waals surface area contributed by atoms with E-state index >= 15 is 0 Å². The molecule has 3 heteroatoms. The largest absolute Gasteiger partial charge is 0.330 e. The second-order valence-electron chi connectivity index (χ2n) is 8.39. The molecule has 0 saturated heterocycles. The highest BCUT2D eigenvalue weighted by molar-refractivity contribution is 7.79. The Morgan fingerprint density at radius 2 is 1.48 bits per heavy atom. The van der Waals surface area contributed by atoms with Gasteiger partial charge in [0.15, 0.2) is 0 Å². The van der Waals surface area contributed by atoms with Gasteiger partial charge in [-0.3, -0.25) is 0 Å². The van der Waals surface area contributed by atoms with Crippen molar-refractivity contribution >= 4 is 17.8 Å². The summed E-state index contributed by atoms with van der Waals surface area (Å²) >= 11 is 0. The monoisotopic (exact) mass is 353 g/mol. The summed E-state index contributed by atoms with van der Waals surface area (Å²) in [6.45, 7) is 5.39. The Hall–Kier alpha value is -1.37. The van der Waals surface area contributed by atoms with E-state index in [4.69, 9.17) is 5.73 Å². The molecule has 0 spiro atoms. The first-order valence-electron chi connectivity index (χ1n) is 9.40. The van der Waals surface area contributed by atoms with Crippen molar-refractivity contribution in [3.05, 3.63) is 60.7 Å². The van der Waals surface area contributed by atoms with Gasteiger partial charge in [0.2, 0.25) is 0 Å². The molecule has 25 heavy (non-hydrogen) atoms. The number of benzene rings is 2. The first-order chi connectivity index (χ1) is 12.0. The predicted octanol–water partition coefficient (Wildman–Crippen LogP) is 4.01. The minimum Gasteiger partial charge on any atom is -0.330 e. The molecule has 0 unspecified atom stereocenters. The molecule has 4 atom stereocenters. The van der Waals surface area contributed by atoms with Gasteiger partial charge in [-0.25, -0.2) is 0 Å². The van der Waals surface area contributed by atoms with Crippen LogP contribution in [0.2, 0.25) is 0 Å². The molecule has 0 heterocycles. The van der Waals surface area contributed by atoms with E-state index in [0.29, 0.717) is 29.7 Å². The van der Waals surface area contributed by atoms with Gasteiger partial charge >= 0.3 is 0 Å². The summed E-state index contributed by atoms with van der Waals surface area (Å²) < 4.78 is 14.7. The molecule has 0 radical (unpaired) electrons. The summed E-state index contributed by atoms with van der Waals surface area (Å²) in [5.41, 5.74) is 6.77. The van der Waals surface area contributed by atoms with Crippen molar-refractivity contribution in [2.75, 3.05) is 6.54 Å². The zero-order chi connectivity index (χ0) is 17.7. The van der Waals surface area contributed by atoms with Gasteiger partial charge in [-0.05, 0) is 42.6 Å². The summed E-state index contributed by atoms with van der Waals surface area (Å²) in [7, 11) is -2.72. The van der Waals surface area contributed by atoms with Crippen molar-refractivity contribution in [2.24, 2.45) is 28.9 Å². The maximum atomic E-state index is 14.7. The third-order valence-electron chi connectivity index (χ3n) is 7.10. The Kier molecular flexibility index (Phi) is 4.17. The number of hydrogen-bond acceptors (Lipinski definition) is 2. The fourth-order valence-electron chi connectivity index (χ4n) is 5.49. The van der Waals surface area contributed by atoms with Crippen LogP contribution in [0.3, 0.4) is 0 Å². The lowest BCUT2D eigenvalue weighted by molar-refractivity contribution is -0.0989. The molecule has 5 rings (SSSR count). The van der Waals surface area contributed by atoms with Crippen LogP contribution < -0.4 is 16.3 Å². The average molecular weight is 353 g/mol. The zero-order valence-corrected chi connectivity index (χ0v) is 16.0. The van der Waals surface area contributed by atoms with Crippen LogP contribution in [0.25, 0.3) is 0 Å². The lowest BCUT2D eigenvalue weighted by atomic mass is 9.45. The first kappa shape index (κ1) is 17.1. The molecular weight excluding hydrogens is 325 g/mol. The van der Waals surface area contributed by atoms with Crippen LogP contribution in [0.1, 0.15) is 26.7 Å². The van der Waals surface area contributed by atoms with E-state index in [1.807, 2.05) is 60.7 Å². The van der Waals surface area contributed by atoms with Gasteiger partial charge < -0.3 is 10.3 Å². The molecule has 2 bridgehead atoms. The van der Waals surface area contributed by atoms with Crippen LogP contribution in [-0.4, -0.2) is 12.2 Å². The van der Waals surface area contributed by atoms with Crippen LogP contribution in [0.5, 0.6) is 0 Å². The van der Waals surface area contributed by atoms with Crippen LogP contribution >= 0.6 is 7.14 Å². The summed E-state index contributed by atoms with van der Waals surface area (Å²) in [4.78, 5) is 0. The van der Waals surface area contributed by atoms with Crippen molar-refractivity contribution in [3.8, 4) is 0 Å². The average Bonchev–Trinajstić information content (AvgIpc) is 2.68. The highest BCUT2D eigenvalue weighted by Crippen LogP contribution is 2.68. The molecule has 2 aromatic rings. The molecule has 132 valence electrons. The Morgan fingerprint density at radius 1 is 0.960 bits per heavy atom. The second kappa shape index (κ2) is 6.11. The van der Waals surface area contributed by atoms with Crippen LogP contribution in [0.15, 0.2) is 60.7 Å². The third-order valence-corrected chi connectivity index (χ3v) is 10.8. The van der Waals surface area contributed by atoms with E-state index in [9.17, 15) is 4.57 Å². The maximum absolute atomic E-state index is 14.7. The van der Waals surface area contributed by atoms with Crippen molar-refractivity contribution in [1.29, 1.82) is 0 Å². The lowest BCUT2D eigenvalue weighted by Gasteiger charge is -2.63. The van der Waals surface area contributed by atoms with E-state index in [2.05, 4.69) is 13.8 Å². The number of rotatable bonds is 4. The third kappa shape index (κ3) is 2.46. The van der Waals surface area contributed by atoms with E-state index in [1.165, 1.54) is 6.42 Å². The van der Waals surface area contributed by atoms with Crippen molar-refractivity contribution in [1.82, 2.24) is 0 Å². The van der Waals surface area contributed by atoms with Crippen molar-refractivity contribution in [3.63, 3.8) is 0 Å². The molecule has 2 aromatic carbocycles. The Morgan fingerprint density at radius 3 is 1.92 bits per heavy atom. The molecule has 3 aliphatic rings. The summed E-state index contributed by atoms with van der Waals surface area (Å²) in [6, 6.07) is 20.2. The van der Waals surface area contributed by atoms with Gasteiger partial charge in [0.1, 0.15) is 7.14 Å². The van der Waals surface area contributed by atoms with Crippen molar-refractivity contribution in [2.45, 2.75) is 32.3 Å². The molecule has 3 saturated carbocycles. The summed E-state index contributed by atoms with van der Waals surface area (Å²) in [5, 5.41) is 1.98. The molecular formula is C22H28NOP. The Labute approximate surface area is 151 Å². The van der Waals surface area contributed by atoms with Crippen LogP contribution in [0, 0.1) is 23.2 Å². The number of fused-ring (bicyclic) bond motifs is 2. The van der Waals surface area contributed by atoms with Gasteiger partial charge in [-0.1, -0.05) is 74.5 Å². The van der Waals surface area contributed by atoms with Gasteiger partial charge in [0.25, 0.3) is 0 Å². The normalized spacial score (nSPS) is 30.5. The Bertz CT molecular complexity index is 743. The van der Waals surface area contributed by atoms with Gasteiger partial charge in [-0.2, -0.15) is 0 Å². The number of hydrogen-bond donors (Lipinski definition) is 1. The summed E-state index contributed by atoms with van der Waals surface area (Å²) in [5.74, 6) is 1.61. The molecule has 3 fully saturated rings. The second-order valence-corrected chi connectivity index (χ2v) is 11.4. The van der Waals surface area contributed by atoms with Crippen molar-refractivity contribution < 1.29 is 4.57 Å². The molecule has 0 aliphatic heterocycles. The smallest absolute Gasteiger partial charge is 0.146 e. The van der Waals surface area contributed by atoms with Crippen LogP contribution in [-0.2, 0) is 4.57 Å². The molecule has 0 amide bonds. The van der Waals surface area contributed by atoms with E-state index < -0.39 is 7.14 Å². The van der Waals surface area contributed by atoms with E-state index in [-0.39, 0.29) is 5.66 Å². The standard InChI is InChI=1S/C22H28NOP/c1-22(2)16-13-20(22)19(15-23)21(14-16)25(24,17-9-5-3-6-10-17)18-11-7-4-8-12-18/h3-12,16,19-21H,13-15,23H2,1-2H3/t16-,19+,20+,21+/m1/s1. The van der Waals surface area contributed by atoms with Gasteiger partial charge in [0, 0.05) is 16.3 Å². The zero-order valence-electron chi connectivity index (χ0n) is 15.1. The van der Waals surface area contributed by atoms with E-state index in [1.54, 1.807) is 0 Å². The molecule has 3 aliphatic carbocycles. The fourth-order valence-corrected chi connectivity index (χ4v) is 9.20. The molecule has 2 nitrogen and oxygen atoms in total. The topological polar surface area (TPSA) is 43.1 Å². The minimum atomic E-state index is -2.72. The minimum absolute atomic E-state index is 0.166. The SMILES string of the molecule is CC1(C)[C@@H]2C[C@H]1[C@H](CN)[C@@H](P(=O)(c1ccccc1)c1ccccc1)C2. The Balaban J connectivity index is 1.84. The maximum Gasteiger partial charge on any atom is 0.146 e. The van der Waals surface area contributed by atoms with E-state index in [0.717, 1.165) is 17.0 Å². The summed E-state index contributed by atoms with van der Waals surface area (Å²) in [6.07, 6.45) is 2.29. The number of nitrogens with two attached hydrogens (primary N) is 1. The highest BCUT2D eigenvalue weighted by atomic mass is 31.2. The lowest BCUT2D eigenvalue weighted by Crippen LogP contribution is -2.60. The molecule has 2 N–H and O–H groups in total. The highest BCUT2D eigenvalue weighted by Gasteiger charge is 2.60. The van der Waals surface area contributed by atoms with Gasteiger partial charge in [-0.15, -0.1) is 0 Å².